The Bertz CT molecular complexity index is 615. The summed E-state index contributed by atoms with van der Waals surface area (Å²) < 4.78 is 5.06. The monoisotopic (exact) mass is 381 g/mol. The lowest BCUT2D eigenvalue weighted by atomic mass is 9.98. The summed E-state index contributed by atoms with van der Waals surface area (Å²) in [6.45, 7) is 10.8. The fourth-order valence-electron chi connectivity index (χ4n) is 2.72. The van der Waals surface area contributed by atoms with E-state index in [1.807, 2.05) is 6.92 Å². The highest BCUT2D eigenvalue weighted by Crippen LogP contribution is 2.25. The molecule has 7 nitrogen and oxygen atoms in total. The number of hydrogen-bond acceptors (Lipinski definition) is 5. The first-order valence-electron chi connectivity index (χ1n) is 9.17. The molecular formula is C18H31N5O2S. The molecule has 1 aliphatic rings. The van der Waals surface area contributed by atoms with Crippen LogP contribution in [0.25, 0.3) is 0 Å². The SMILES string of the molecule is CCOC(=O)N1CCC(NC(=NC)NCc2csc(C(C)(C)C)n2)CC1. The van der Waals surface area contributed by atoms with Crippen LogP contribution in [-0.4, -0.2) is 54.7 Å². The Morgan fingerprint density at radius 3 is 2.65 bits per heavy atom. The molecule has 2 N–H and O–H groups in total. The summed E-state index contributed by atoms with van der Waals surface area (Å²) in [7, 11) is 1.77. The van der Waals surface area contributed by atoms with Crippen LogP contribution in [-0.2, 0) is 16.7 Å². The Hall–Kier alpha value is -1.83. The molecule has 0 radical (unpaired) electrons. The molecule has 0 spiro atoms. The molecule has 1 fully saturated rings. The zero-order valence-electron chi connectivity index (χ0n) is 16.5. The van der Waals surface area contributed by atoms with E-state index in [1.54, 1.807) is 23.3 Å². The number of carbonyl (C=O) groups excluding carboxylic acids is 1. The zero-order valence-corrected chi connectivity index (χ0v) is 17.3. The standard InChI is InChI=1S/C18H31N5O2S/c1-6-25-17(24)23-9-7-13(8-10-23)22-16(19-5)20-11-14-12-26-15(21-14)18(2,3)4/h12-13H,6-11H2,1-5H3,(H2,19,20,22). The van der Waals surface area contributed by atoms with Crippen molar-refractivity contribution in [2.24, 2.45) is 4.99 Å². The minimum Gasteiger partial charge on any atom is -0.450 e. The smallest absolute Gasteiger partial charge is 0.409 e. The highest BCUT2D eigenvalue weighted by atomic mass is 32.1. The fraction of sp³-hybridized carbons (Fsp3) is 0.722. The Kier molecular flexibility index (Phi) is 7.25. The van der Waals surface area contributed by atoms with Crippen LogP contribution < -0.4 is 10.6 Å². The highest BCUT2D eigenvalue weighted by molar-refractivity contribution is 7.09. The maximum Gasteiger partial charge on any atom is 0.409 e. The third-order valence-corrected chi connectivity index (χ3v) is 5.53. The summed E-state index contributed by atoms with van der Waals surface area (Å²) >= 11 is 1.70. The third-order valence-electron chi connectivity index (χ3n) is 4.22. The molecule has 0 atom stereocenters. The Balaban J connectivity index is 1.78. The van der Waals surface area contributed by atoms with Gasteiger partial charge in [0.1, 0.15) is 0 Å². The molecule has 26 heavy (non-hydrogen) atoms. The highest BCUT2D eigenvalue weighted by Gasteiger charge is 2.24. The van der Waals surface area contributed by atoms with Gasteiger partial charge in [-0.2, -0.15) is 0 Å². The lowest BCUT2D eigenvalue weighted by Gasteiger charge is -2.32. The van der Waals surface area contributed by atoms with Gasteiger partial charge >= 0.3 is 6.09 Å². The van der Waals surface area contributed by atoms with Crippen molar-refractivity contribution in [2.45, 2.75) is 58.5 Å². The molecule has 2 heterocycles. The van der Waals surface area contributed by atoms with E-state index in [9.17, 15) is 4.79 Å². The van der Waals surface area contributed by atoms with E-state index in [0.717, 1.165) is 29.5 Å². The second-order valence-corrected chi connectivity index (χ2v) is 8.28. The number of thiazole rings is 1. The van der Waals surface area contributed by atoms with Crippen LogP contribution in [0.15, 0.2) is 10.4 Å². The summed E-state index contributed by atoms with van der Waals surface area (Å²) in [6, 6.07) is 0.299. The van der Waals surface area contributed by atoms with E-state index in [4.69, 9.17) is 9.72 Å². The van der Waals surface area contributed by atoms with Crippen molar-refractivity contribution in [3.8, 4) is 0 Å². The van der Waals surface area contributed by atoms with E-state index in [-0.39, 0.29) is 11.5 Å². The summed E-state index contributed by atoms with van der Waals surface area (Å²) in [6.07, 6.45) is 1.54. The fourth-order valence-corrected chi connectivity index (χ4v) is 3.62. The van der Waals surface area contributed by atoms with Crippen LogP contribution in [0.1, 0.15) is 51.2 Å². The number of amides is 1. The molecule has 1 aliphatic heterocycles. The van der Waals surface area contributed by atoms with Crippen molar-refractivity contribution < 1.29 is 9.53 Å². The predicted octanol–water partition coefficient (Wildman–Crippen LogP) is 2.73. The normalized spacial score (nSPS) is 16.5. The van der Waals surface area contributed by atoms with Crippen molar-refractivity contribution in [3.05, 3.63) is 16.1 Å². The van der Waals surface area contributed by atoms with E-state index in [0.29, 0.717) is 32.3 Å². The van der Waals surface area contributed by atoms with Crippen LogP contribution in [0.5, 0.6) is 0 Å². The molecule has 1 amide bonds. The minimum absolute atomic E-state index is 0.0791. The van der Waals surface area contributed by atoms with Crippen molar-refractivity contribution in [3.63, 3.8) is 0 Å². The van der Waals surface area contributed by atoms with E-state index in [2.05, 4.69) is 41.8 Å². The summed E-state index contributed by atoms with van der Waals surface area (Å²) in [5, 5.41) is 10.0. The van der Waals surface area contributed by atoms with Crippen LogP contribution >= 0.6 is 11.3 Å². The van der Waals surface area contributed by atoms with Gasteiger partial charge in [-0.05, 0) is 19.8 Å². The molecular weight excluding hydrogens is 350 g/mol. The van der Waals surface area contributed by atoms with Gasteiger partial charge < -0.3 is 20.3 Å². The number of ether oxygens (including phenoxy) is 1. The molecule has 2 rings (SSSR count). The van der Waals surface area contributed by atoms with Gasteiger partial charge in [0.2, 0.25) is 0 Å². The average Bonchev–Trinajstić information content (AvgIpc) is 3.08. The van der Waals surface area contributed by atoms with Crippen molar-refractivity contribution >= 4 is 23.4 Å². The average molecular weight is 382 g/mol. The lowest BCUT2D eigenvalue weighted by Crippen LogP contribution is -2.49. The van der Waals surface area contributed by atoms with Crippen molar-refractivity contribution in [1.29, 1.82) is 0 Å². The summed E-state index contributed by atoms with van der Waals surface area (Å²) in [5.74, 6) is 0.768. The molecule has 8 heteroatoms. The largest absolute Gasteiger partial charge is 0.450 e. The number of nitrogens with one attached hydrogen (secondary N) is 2. The minimum atomic E-state index is -0.216. The van der Waals surface area contributed by atoms with Crippen molar-refractivity contribution in [2.75, 3.05) is 26.7 Å². The van der Waals surface area contributed by atoms with Gasteiger partial charge in [-0.3, -0.25) is 4.99 Å². The summed E-state index contributed by atoms with van der Waals surface area (Å²) in [5.41, 5.74) is 1.11. The molecule has 0 aromatic carbocycles. The molecule has 0 bridgehead atoms. The maximum atomic E-state index is 11.8. The maximum absolute atomic E-state index is 11.8. The van der Waals surface area contributed by atoms with E-state index >= 15 is 0 Å². The first-order valence-corrected chi connectivity index (χ1v) is 10.0. The molecule has 1 aromatic heterocycles. The van der Waals surface area contributed by atoms with Crippen LogP contribution in [0.3, 0.4) is 0 Å². The number of likely N-dealkylation sites (tertiary alicyclic amines) is 1. The second-order valence-electron chi connectivity index (χ2n) is 7.42. The van der Waals surface area contributed by atoms with E-state index in [1.165, 1.54) is 0 Å². The molecule has 0 saturated carbocycles. The lowest BCUT2D eigenvalue weighted by molar-refractivity contribution is 0.0963. The zero-order chi connectivity index (χ0) is 19.2. The number of aromatic nitrogens is 1. The van der Waals surface area contributed by atoms with Gasteiger partial charge in [-0.15, -0.1) is 11.3 Å². The van der Waals surface area contributed by atoms with E-state index < -0.39 is 0 Å². The number of nitrogens with zero attached hydrogens (tertiary/aromatic N) is 3. The Morgan fingerprint density at radius 2 is 2.12 bits per heavy atom. The van der Waals surface area contributed by atoms with Gasteiger partial charge in [-0.25, -0.2) is 9.78 Å². The predicted molar refractivity (Wildman–Crippen MR) is 106 cm³/mol. The number of carbonyl (C=O) groups is 1. The number of rotatable bonds is 4. The second kappa shape index (κ2) is 9.21. The van der Waals surface area contributed by atoms with Crippen LogP contribution in [0, 0.1) is 0 Å². The number of piperidine rings is 1. The van der Waals surface area contributed by atoms with Gasteiger partial charge in [-0.1, -0.05) is 20.8 Å². The first kappa shape index (κ1) is 20.5. The van der Waals surface area contributed by atoms with Crippen LogP contribution in [0.4, 0.5) is 4.79 Å². The Morgan fingerprint density at radius 1 is 1.42 bits per heavy atom. The first-order chi connectivity index (χ1) is 12.3. The quantitative estimate of drug-likeness (QED) is 0.619. The van der Waals surface area contributed by atoms with Gasteiger partial charge in [0.25, 0.3) is 0 Å². The van der Waals surface area contributed by atoms with Gasteiger partial charge in [0.15, 0.2) is 5.96 Å². The number of aliphatic imine (C=N–C) groups is 1. The molecule has 1 saturated heterocycles. The molecule has 0 aliphatic carbocycles. The number of guanidine groups is 1. The summed E-state index contributed by atoms with van der Waals surface area (Å²) in [4.78, 5) is 22.5. The van der Waals surface area contributed by atoms with Crippen LogP contribution in [0.2, 0.25) is 0 Å². The molecule has 1 aromatic rings. The van der Waals surface area contributed by atoms with Crippen molar-refractivity contribution in [1.82, 2.24) is 20.5 Å². The molecule has 146 valence electrons. The topological polar surface area (TPSA) is 78.8 Å². The Labute approximate surface area is 160 Å². The molecule has 0 unspecified atom stereocenters. The third kappa shape index (κ3) is 5.86. The number of hydrogen-bond donors (Lipinski definition) is 2. The van der Waals surface area contributed by atoms with Gasteiger partial charge in [0, 0.05) is 37.0 Å². The van der Waals surface area contributed by atoms with Gasteiger partial charge in [0.05, 0.1) is 23.9 Å².